The molecule has 1 unspecified atom stereocenters. The number of benzene rings is 1. The Morgan fingerprint density at radius 1 is 1.24 bits per heavy atom. The highest BCUT2D eigenvalue weighted by Crippen LogP contribution is 2.42. The molecule has 5 nitrogen and oxygen atoms in total. The summed E-state index contributed by atoms with van der Waals surface area (Å²) in [5.41, 5.74) is 10.4. The van der Waals surface area contributed by atoms with E-state index in [-0.39, 0.29) is 6.04 Å². The number of nitrogen functional groups attached to an aromatic ring is 1. The van der Waals surface area contributed by atoms with Gasteiger partial charge < -0.3 is 10.5 Å². The minimum atomic E-state index is -0.0257. The molecule has 1 aromatic carbocycles. The molecule has 0 fully saturated rings. The van der Waals surface area contributed by atoms with Crippen molar-refractivity contribution < 1.29 is 4.74 Å². The zero-order valence-electron chi connectivity index (χ0n) is 14.7. The van der Waals surface area contributed by atoms with Gasteiger partial charge in [-0.2, -0.15) is 5.10 Å². The van der Waals surface area contributed by atoms with Gasteiger partial charge in [-0.05, 0) is 50.6 Å². The number of halogens is 1. The van der Waals surface area contributed by atoms with Crippen LogP contribution in [0.15, 0.2) is 36.7 Å². The highest BCUT2D eigenvalue weighted by Gasteiger charge is 2.22. The fourth-order valence-electron chi connectivity index (χ4n) is 2.97. The Hall–Kier alpha value is -2.53. The second-order valence-electron chi connectivity index (χ2n) is 6.07. The van der Waals surface area contributed by atoms with Crippen molar-refractivity contribution in [2.24, 2.45) is 0 Å². The molecule has 2 heterocycles. The van der Waals surface area contributed by atoms with E-state index in [4.69, 9.17) is 22.1 Å². The maximum absolute atomic E-state index is 6.54. The summed E-state index contributed by atoms with van der Waals surface area (Å²) in [5.74, 6) is 1.25. The van der Waals surface area contributed by atoms with Crippen molar-refractivity contribution in [3.05, 3.63) is 58.5 Å². The van der Waals surface area contributed by atoms with Gasteiger partial charge in [0.2, 0.25) is 0 Å². The van der Waals surface area contributed by atoms with E-state index in [1.165, 1.54) is 0 Å². The highest BCUT2D eigenvalue weighted by atomic mass is 35.5. The van der Waals surface area contributed by atoms with Crippen LogP contribution in [0.3, 0.4) is 0 Å². The van der Waals surface area contributed by atoms with Crippen LogP contribution in [0.2, 0.25) is 5.02 Å². The van der Waals surface area contributed by atoms with Gasteiger partial charge in [0.15, 0.2) is 0 Å². The van der Waals surface area contributed by atoms with Gasteiger partial charge in [-0.1, -0.05) is 11.6 Å². The van der Waals surface area contributed by atoms with Crippen LogP contribution < -0.4 is 10.5 Å². The Labute approximate surface area is 152 Å². The van der Waals surface area contributed by atoms with Gasteiger partial charge in [-0.25, -0.2) is 4.98 Å². The number of nitrogens with two attached hydrogens (primary N) is 1. The predicted molar refractivity (Wildman–Crippen MR) is 101 cm³/mol. The van der Waals surface area contributed by atoms with Gasteiger partial charge in [0, 0.05) is 34.1 Å². The number of rotatable bonds is 4. The largest absolute Gasteiger partial charge is 0.496 e. The van der Waals surface area contributed by atoms with E-state index < -0.39 is 0 Å². The molecule has 2 aromatic heterocycles. The van der Waals surface area contributed by atoms with Crippen LogP contribution >= 0.6 is 11.6 Å². The van der Waals surface area contributed by atoms with E-state index in [2.05, 4.69) is 17.0 Å². The van der Waals surface area contributed by atoms with Gasteiger partial charge in [-0.15, -0.1) is 0 Å². The molecule has 0 spiro atoms. The van der Waals surface area contributed by atoms with Crippen molar-refractivity contribution in [2.45, 2.75) is 26.8 Å². The molecule has 3 aromatic rings. The molecular formula is C19H21ClN4O. The van der Waals surface area contributed by atoms with E-state index >= 15 is 0 Å². The average molecular weight is 357 g/mol. The summed E-state index contributed by atoms with van der Waals surface area (Å²) in [6.45, 7) is 6.01. The lowest BCUT2D eigenvalue weighted by molar-refractivity contribution is 0.402. The van der Waals surface area contributed by atoms with Gasteiger partial charge in [0.25, 0.3) is 0 Å². The fourth-order valence-corrected chi connectivity index (χ4v) is 3.18. The van der Waals surface area contributed by atoms with Gasteiger partial charge in [0.1, 0.15) is 11.6 Å². The normalized spacial score (nSPS) is 12.2. The van der Waals surface area contributed by atoms with Crippen molar-refractivity contribution in [1.82, 2.24) is 14.8 Å². The lowest BCUT2D eigenvalue weighted by Crippen LogP contribution is -2.10. The summed E-state index contributed by atoms with van der Waals surface area (Å²) in [5, 5.41) is 5.20. The van der Waals surface area contributed by atoms with E-state index in [0.29, 0.717) is 10.8 Å². The van der Waals surface area contributed by atoms with Gasteiger partial charge in [0.05, 0.1) is 18.8 Å². The van der Waals surface area contributed by atoms with Crippen LogP contribution in [0, 0.1) is 13.8 Å². The number of methoxy groups -OCH3 is 1. The highest BCUT2D eigenvalue weighted by molar-refractivity contribution is 6.32. The molecule has 2 N–H and O–H groups in total. The minimum absolute atomic E-state index is 0.0257. The monoisotopic (exact) mass is 356 g/mol. The number of nitrogens with zero attached hydrogens (tertiary/aromatic N) is 3. The molecule has 1 atom stereocenters. The molecule has 0 radical (unpaired) electrons. The van der Waals surface area contributed by atoms with E-state index in [0.717, 1.165) is 33.7 Å². The van der Waals surface area contributed by atoms with Crippen molar-refractivity contribution in [2.75, 3.05) is 12.8 Å². The smallest absolute Gasteiger partial charge is 0.132 e. The number of aromatic nitrogens is 3. The Balaban J connectivity index is 2.21. The topological polar surface area (TPSA) is 66.0 Å². The number of hydrogen-bond acceptors (Lipinski definition) is 4. The van der Waals surface area contributed by atoms with Crippen LogP contribution in [0.4, 0.5) is 5.82 Å². The maximum Gasteiger partial charge on any atom is 0.132 e. The first-order valence-corrected chi connectivity index (χ1v) is 8.40. The van der Waals surface area contributed by atoms with E-state index in [1.807, 2.05) is 42.9 Å². The molecule has 0 saturated heterocycles. The van der Waals surface area contributed by atoms with Crippen LogP contribution in [0.25, 0.3) is 11.1 Å². The van der Waals surface area contributed by atoms with E-state index in [1.54, 1.807) is 19.4 Å². The predicted octanol–water partition coefficient (Wildman–Crippen LogP) is 4.42. The Kier molecular flexibility index (Phi) is 4.68. The van der Waals surface area contributed by atoms with E-state index in [9.17, 15) is 0 Å². The zero-order valence-corrected chi connectivity index (χ0v) is 15.5. The summed E-state index contributed by atoms with van der Waals surface area (Å²) in [4.78, 5) is 4.20. The van der Waals surface area contributed by atoms with Crippen molar-refractivity contribution >= 4 is 17.4 Å². The third-order valence-corrected chi connectivity index (χ3v) is 4.77. The molecule has 0 saturated carbocycles. The summed E-state index contributed by atoms with van der Waals surface area (Å²) >= 11 is 6.54. The standard InChI is InChI=1S/C19H21ClN4O/c1-11-7-8-24(23-11)13(3)15-9-16(20)12(2)18(19(15)25-4)14-5-6-17(21)22-10-14/h5-10,13H,1-4H3,(H2,21,22). The molecule has 0 aliphatic rings. The van der Waals surface area contributed by atoms with Crippen LogP contribution in [0.5, 0.6) is 5.75 Å². The van der Waals surface area contributed by atoms with Crippen LogP contribution in [-0.4, -0.2) is 21.9 Å². The molecule has 6 heteroatoms. The quantitative estimate of drug-likeness (QED) is 0.751. The Morgan fingerprint density at radius 3 is 2.56 bits per heavy atom. The van der Waals surface area contributed by atoms with Gasteiger partial charge in [-0.3, -0.25) is 4.68 Å². The minimum Gasteiger partial charge on any atom is -0.496 e. The molecule has 0 aliphatic heterocycles. The SMILES string of the molecule is COc1c(C(C)n2ccc(C)n2)cc(Cl)c(C)c1-c1ccc(N)nc1. The van der Waals surface area contributed by atoms with Crippen LogP contribution in [0.1, 0.15) is 29.8 Å². The molecule has 0 amide bonds. The summed E-state index contributed by atoms with van der Waals surface area (Å²) < 4.78 is 7.69. The third-order valence-electron chi connectivity index (χ3n) is 4.37. The Bertz CT molecular complexity index is 903. The van der Waals surface area contributed by atoms with Crippen molar-refractivity contribution in [3.8, 4) is 16.9 Å². The first-order chi connectivity index (χ1) is 11.9. The second-order valence-corrected chi connectivity index (χ2v) is 6.47. The maximum atomic E-state index is 6.54. The summed E-state index contributed by atoms with van der Waals surface area (Å²) in [6, 6.07) is 7.60. The van der Waals surface area contributed by atoms with Crippen molar-refractivity contribution in [3.63, 3.8) is 0 Å². The number of pyridine rings is 1. The molecule has 0 bridgehead atoms. The lowest BCUT2D eigenvalue weighted by Gasteiger charge is -2.22. The second kappa shape index (κ2) is 6.76. The number of hydrogen-bond donors (Lipinski definition) is 1. The number of ether oxygens (including phenoxy) is 1. The molecular weight excluding hydrogens is 336 g/mol. The average Bonchev–Trinajstić information content (AvgIpc) is 3.03. The summed E-state index contributed by atoms with van der Waals surface area (Å²) in [7, 11) is 1.67. The first kappa shape index (κ1) is 17.3. The zero-order chi connectivity index (χ0) is 18.1. The number of anilines is 1. The molecule has 0 aliphatic carbocycles. The third kappa shape index (κ3) is 3.20. The van der Waals surface area contributed by atoms with Gasteiger partial charge >= 0.3 is 0 Å². The molecule has 25 heavy (non-hydrogen) atoms. The first-order valence-electron chi connectivity index (χ1n) is 8.03. The lowest BCUT2D eigenvalue weighted by atomic mass is 9.94. The summed E-state index contributed by atoms with van der Waals surface area (Å²) in [6.07, 6.45) is 3.70. The van der Waals surface area contributed by atoms with Crippen molar-refractivity contribution in [1.29, 1.82) is 0 Å². The number of aryl methyl sites for hydroxylation is 1. The molecule has 130 valence electrons. The molecule has 3 rings (SSSR count). The Morgan fingerprint density at radius 2 is 2.00 bits per heavy atom. The fraction of sp³-hybridized carbons (Fsp3) is 0.263. The van der Waals surface area contributed by atoms with Crippen LogP contribution in [-0.2, 0) is 0 Å².